The highest BCUT2D eigenvalue weighted by atomic mass is 32.2. The molecule has 154 valence electrons. The second kappa shape index (κ2) is 8.56. The van der Waals surface area contributed by atoms with Gasteiger partial charge in [0.2, 0.25) is 15.9 Å². The average molecular weight is 434 g/mol. The van der Waals surface area contributed by atoms with Gasteiger partial charge in [-0.15, -0.1) is 11.8 Å². The number of rotatable bonds is 6. The van der Waals surface area contributed by atoms with Crippen molar-refractivity contribution in [3.05, 3.63) is 48.0 Å². The standard InChI is InChI=1S/C20H23N3O4S2/c1-4-23(5-2)29(26,27)16-9-7-15(8-10-16)21-20(25)14-6-11-18-17(12-14)22-19(24)13(3)28-18/h6-13H,4-5H2,1-3H3,(H,21,25)(H,22,24). The smallest absolute Gasteiger partial charge is 0.255 e. The summed E-state index contributed by atoms with van der Waals surface area (Å²) in [4.78, 5) is 25.5. The van der Waals surface area contributed by atoms with Crippen LogP contribution in [0, 0.1) is 0 Å². The Hall–Kier alpha value is -2.36. The molecular formula is C20H23N3O4S2. The van der Waals surface area contributed by atoms with Crippen LogP contribution in [0.1, 0.15) is 31.1 Å². The maximum absolute atomic E-state index is 12.6. The number of benzene rings is 2. The minimum atomic E-state index is -3.54. The number of anilines is 2. The molecule has 9 heteroatoms. The summed E-state index contributed by atoms with van der Waals surface area (Å²) < 4.78 is 26.5. The molecule has 2 N–H and O–H groups in total. The molecule has 1 aliphatic heterocycles. The van der Waals surface area contributed by atoms with E-state index in [4.69, 9.17) is 0 Å². The zero-order chi connectivity index (χ0) is 21.2. The molecule has 0 fully saturated rings. The lowest BCUT2D eigenvalue weighted by Gasteiger charge is -2.21. The van der Waals surface area contributed by atoms with Crippen LogP contribution in [-0.2, 0) is 14.8 Å². The van der Waals surface area contributed by atoms with Crippen LogP contribution in [0.3, 0.4) is 0 Å². The van der Waals surface area contributed by atoms with E-state index in [0.29, 0.717) is 30.0 Å². The number of nitrogens with zero attached hydrogens (tertiary/aromatic N) is 1. The number of amides is 2. The van der Waals surface area contributed by atoms with E-state index in [1.807, 2.05) is 13.0 Å². The van der Waals surface area contributed by atoms with Crippen molar-refractivity contribution in [2.75, 3.05) is 23.7 Å². The molecular weight excluding hydrogens is 410 g/mol. The zero-order valence-electron chi connectivity index (χ0n) is 16.4. The summed E-state index contributed by atoms with van der Waals surface area (Å²) in [6, 6.07) is 11.2. The third kappa shape index (κ3) is 4.47. The molecule has 1 atom stereocenters. The number of carbonyl (C=O) groups is 2. The number of carbonyl (C=O) groups excluding carboxylic acids is 2. The maximum atomic E-state index is 12.6. The topological polar surface area (TPSA) is 95.6 Å². The van der Waals surface area contributed by atoms with Crippen LogP contribution < -0.4 is 10.6 Å². The van der Waals surface area contributed by atoms with Crippen LogP contribution in [0.4, 0.5) is 11.4 Å². The van der Waals surface area contributed by atoms with Gasteiger partial charge in [-0.1, -0.05) is 13.8 Å². The molecule has 0 saturated carbocycles. The van der Waals surface area contributed by atoms with E-state index in [1.54, 1.807) is 38.1 Å². The first-order valence-electron chi connectivity index (χ1n) is 9.29. The van der Waals surface area contributed by atoms with Crippen LogP contribution in [0.25, 0.3) is 0 Å². The number of thioether (sulfide) groups is 1. The monoisotopic (exact) mass is 433 g/mol. The largest absolute Gasteiger partial charge is 0.324 e. The van der Waals surface area contributed by atoms with Crippen molar-refractivity contribution in [2.24, 2.45) is 0 Å². The Labute approximate surface area is 174 Å². The number of hydrogen-bond acceptors (Lipinski definition) is 5. The van der Waals surface area contributed by atoms with E-state index in [2.05, 4.69) is 10.6 Å². The lowest BCUT2D eigenvalue weighted by Crippen LogP contribution is -2.30. The normalized spacial score (nSPS) is 16.3. The minimum absolute atomic E-state index is 0.0925. The van der Waals surface area contributed by atoms with Crippen molar-refractivity contribution in [1.82, 2.24) is 4.31 Å². The molecule has 2 aromatic carbocycles. The molecule has 0 radical (unpaired) electrons. The quantitative estimate of drug-likeness (QED) is 0.728. The third-order valence-corrected chi connectivity index (χ3v) is 7.87. The molecule has 0 bridgehead atoms. The van der Waals surface area contributed by atoms with Gasteiger partial charge in [0.1, 0.15) is 0 Å². The molecule has 2 aromatic rings. The van der Waals surface area contributed by atoms with Gasteiger partial charge in [0.25, 0.3) is 5.91 Å². The highest BCUT2D eigenvalue weighted by Crippen LogP contribution is 2.36. The van der Waals surface area contributed by atoms with E-state index in [1.165, 1.54) is 28.2 Å². The number of hydrogen-bond donors (Lipinski definition) is 2. The summed E-state index contributed by atoms with van der Waals surface area (Å²) >= 11 is 1.45. The second-order valence-corrected chi connectivity index (χ2v) is 9.85. The van der Waals surface area contributed by atoms with Gasteiger partial charge in [0.15, 0.2) is 0 Å². The summed E-state index contributed by atoms with van der Waals surface area (Å²) in [5.41, 5.74) is 1.50. The molecule has 1 heterocycles. The number of fused-ring (bicyclic) bond motifs is 1. The number of sulfonamides is 1. The summed E-state index contributed by atoms with van der Waals surface area (Å²) in [6.45, 7) is 6.19. The molecule has 0 aromatic heterocycles. The van der Waals surface area contributed by atoms with Gasteiger partial charge >= 0.3 is 0 Å². The van der Waals surface area contributed by atoms with Crippen LogP contribution in [0.15, 0.2) is 52.3 Å². The molecule has 29 heavy (non-hydrogen) atoms. The second-order valence-electron chi connectivity index (χ2n) is 6.53. The van der Waals surface area contributed by atoms with Gasteiger partial charge in [-0.2, -0.15) is 4.31 Å². The first-order chi connectivity index (χ1) is 13.8. The van der Waals surface area contributed by atoms with Crippen molar-refractivity contribution in [1.29, 1.82) is 0 Å². The Kier molecular flexibility index (Phi) is 6.30. The SMILES string of the molecule is CCN(CC)S(=O)(=O)c1ccc(NC(=O)c2ccc3c(c2)NC(=O)C(C)S3)cc1. The van der Waals surface area contributed by atoms with Gasteiger partial charge in [-0.3, -0.25) is 9.59 Å². The van der Waals surface area contributed by atoms with E-state index >= 15 is 0 Å². The maximum Gasteiger partial charge on any atom is 0.255 e. The summed E-state index contributed by atoms with van der Waals surface area (Å²) in [5.74, 6) is -0.435. The molecule has 0 aliphatic carbocycles. The fraction of sp³-hybridized carbons (Fsp3) is 0.300. The Balaban J connectivity index is 1.75. The Morgan fingerprint density at radius 2 is 1.79 bits per heavy atom. The predicted octanol–water partition coefficient (Wildman–Crippen LogP) is 3.40. The molecule has 1 aliphatic rings. The minimum Gasteiger partial charge on any atom is -0.324 e. The lowest BCUT2D eigenvalue weighted by molar-refractivity contribution is -0.115. The number of nitrogens with one attached hydrogen (secondary N) is 2. The fourth-order valence-electron chi connectivity index (χ4n) is 2.98. The van der Waals surface area contributed by atoms with E-state index in [9.17, 15) is 18.0 Å². The van der Waals surface area contributed by atoms with Crippen LogP contribution in [0.5, 0.6) is 0 Å². The molecule has 2 amide bonds. The van der Waals surface area contributed by atoms with Crippen molar-refractivity contribution in [3.63, 3.8) is 0 Å². The molecule has 7 nitrogen and oxygen atoms in total. The third-order valence-electron chi connectivity index (χ3n) is 4.63. The molecule has 0 saturated heterocycles. The van der Waals surface area contributed by atoms with Crippen LogP contribution in [-0.4, -0.2) is 42.9 Å². The Morgan fingerprint density at radius 1 is 1.14 bits per heavy atom. The van der Waals surface area contributed by atoms with E-state index in [-0.39, 0.29) is 22.0 Å². The summed E-state index contributed by atoms with van der Waals surface area (Å²) in [7, 11) is -3.54. The van der Waals surface area contributed by atoms with Gasteiger partial charge in [-0.05, 0) is 49.4 Å². The Bertz CT molecular complexity index is 1030. The predicted molar refractivity (Wildman–Crippen MR) is 115 cm³/mol. The molecule has 0 spiro atoms. The average Bonchev–Trinajstić information content (AvgIpc) is 2.69. The lowest BCUT2D eigenvalue weighted by atomic mass is 10.1. The van der Waals surface area contributed by atoms with Crippen molar-refractivity contribution in [2.45, 2.75) is 35.8 Å². The van der Waals surface area contributed by atoms with Crippen molar-refractivity contribution in [3.8, 4) is 0 Å². The van der Waals surface area contributed by atoms with E-state index in [0.717, 1.165) is 4.90 Å². The zero-order valence-corrected chi connectivity index (χ0v) is 18.1. The van der Waals surface area contributed by atoms with Crippen LogP contribution in [0.2, 0.25) is 0 Å². The van der Waals surface area contributed by atoms with Gasteiger partial charge in [-0.25, -0.2) is 8.42 Å². The fourth-order valence-corrected chi connectivity index (χ4v) is 5.36. The van der Waals surface area contributed by atoms with Gasteiger partial charge in [0.05, 0.1) is 15.8 Å². The summed E-state index contributed by atoms with van der Waals surface area (Å²) in [6.07, 6.45) is 0. The van der Waals surface area contributed by atoms with Crippen LogP contribution >= 0.6 is 11.8 Å². The van der Waals surface area contributed by atoms with Gasteiger partial charge in [0, 0.05) is 29.2 Å². The molecule has 1 unspecified atom stereocenters. The highest BCUT2D eigenvalue weighted by molar-refractivity contribution is 8.01. The first kappa shape index (κ1) is 21.4. The summed E-state index contributed by atoms with van der Waals surface area (Å²) in [5, 5.41) is 5.38. The van der Waals surface area contributed by atoms with Crippen molar-refractivity contribution >= 4 is 45.0 Å². The Morgan fingerprint density at radius 3 is 2.41 bits per heavy atom. The highest BCUT2D eigenvalue weighted by Gasteiger charge is 2.24. The molecule has 3 rings (SSSR count). The van der Waals surface area contributed by atoms with Crippen molar-refractivity contribution < 1.29 is 18.0 Å². The van der Waals surface area contributed by atoms with Gasteiger partial charge < -0.3 is 10.6 Å². The first-order valence-corrected chi connectivity index (χ1v) is 11.6. The van der Waals surface area contributed by atoms with E-state index < -0.39 is 10.0 Å².